The second-order valence-electron chi connectivity index (χ2n) is 6.38. The summed E-state index contributed by atoms with van der Waals surface area (Å²) in [5.74, 6) is 0.528. The standard InChI is InChI=1S/C14H31NO2Si/c1-12(2)14(3,4)18(16-5,17-6)15-13-10-8-7-9-11-13/h12-13,15H,7-11H2,1-6H3. The highest BCUT2D eigenvalue weighted by Gasteiger charge is 2.54. The minimum atomic E-state index is -2.37. The molecule has 1 N–H and O–H groups in total. The lowest BCUT2D eigenvalue weighted by Gasteiger charge is -2.46. The van der Waals surface area contributed by atoms with Gasteiger partial charge in [-0.2, -0.15) is 0 Å². The Bertz CT molecular complexity index is 246. The molecular formula is C14H31NO2Si. The van der Waals surface area contributed by atoms with Crippen LogP contribution in [0.5, 0.6) is 0 Å². The van der Waals surface area contributed by atoms with Crippen LogP contribution >= 0.6 is 0 Å². The summed E-state index contributed by atoms with van der Waals surface area (Å²) >= 11 is 0. The first-order chi connectivity index (χ1) is 8.39. The maximum absolute atomic E-state index is 5.92. The Labute approximate surface area is 114 Å². The van der Waals surface area contributed by atoms with Crippen LogP contribution in [0.2, 0.25) is 5.04 Å². The van der Waals surface area contributed by atoms with Crippen molar-refractivity contribution in [2.45, 2.75) is 70.9 Å². The molecule has 0 radical (unpaired) electrons. The minimum Gasteiger partial charge on any atom is -0.386 e. The van der Waals surface area contributed by atoms with Gasteiger partial charge in [0.25, 0.3) is 0 Å². The van der Waals surface area contributed by atoms with Crippen molar-refractivity contribution >= 4 is 8.72 Å². The molecule has 0 unspecified atom stereocenters. The third kappa shape index (κ3) is 3.16. The molecule has 0 spiro atoms. The van der Waals surface area contributed by atoms with Crippen LogP contribution in [0.25, 0.3) is 0 Å². The molecule has 1 rings (SSSR count). The van der Waals surface area contributed by atoms with Crippen LogP contribution in [-0.4, -0.2) is 29.0 Å². The van der Waals surface area contributed by atoms with E-state index in [-0.39, 0.29) is 5.04 Å². The average molecular weight is 273 g/mol. The molecular weight excluding hydrogens is 242 g/mol. The molecule has 1 aliphatic rings. The molecule has 0 bridgehead atoms. The Morgan fingerprint density at radius 3 is 1.94 bits per heavy atom. The summed E-state index contributed by atoms with van der Waals surface area (Å²) in [6, 6.07) is 0.573. The lowest BCUT2D eigenvalue weighted by Crippen LogP contribution is -2.66. The van der Waals surface area contributed by atoms with Gasteiger partial charge in [0.2, 0.25) is 0 Å². The lowest BCUT2D eigenvalue weighted by molar-refractivity contribution is 0.168. The lowest BCUT2D eigenvalue weighted by atomic mass is 9.96. The van der Waals surface area contributed by atoms with Crippen LogP contribution in [0.3, 0.4) is 0 Å². The fourth-order valence-corrected chi connectivity index (χ4v) is 6.22. The van der Waals surface area contributed by atoms with Gasteiger partial charge in [-0.25, -0.2) is 0 Å². The molecule has 0 heterocycles. The molecule has 18 heavy (non-hydrogen) atoms. The summed E-state index contributed by atoms with van der Waals surface area (Å²) in [4.78, 5) is 3.78. The highest BCUT2D eigenvalue weighted by molar-refractivity contribution is 6.68. The van der Waals surface area contributed by atoms with Crippen LogP contribution < -0.4 is 4.98 Å². The Morgan fingerprint density at radius 1 is 1.06 bits per heavy atom. The van der Waals surface area contributed by atoms with Crippen molar-refractivity contribution in [3.8, 4) is 0 Å². The Kier molecular flexibility index (Phi) is 5.84. The van der Waals surface area contributed by atoms with Gasteiger partial charge in [0.1, 0.15) is 0 Å². The van der Waals surface area contributed by atoms with Crippen molar-refractivity contribution in [1.82, 2.24) is 4.98 Å². The van der Waals surface area contributed by atoms with Gasteiger partial charge < -0.3 is 8.85 Å². The van der Waals surface area contributed by atoms with Crippen molar-refractivity contribution < 1.29 is 8.85 Å². The summed E-state index contributed by atoms with van der Waals surface area (Å²) in [5, 5.41) is 0.0496. The molecule has 1 saturated carbocycles. The number of hydrogen-bond acceptors (Lipinski definition) is 3. The van der Waals surface area contributed by atoms with Crippen LogP contribution in [0.4, 0.5) is 0 Å². The highest BCUT2D eigenvalue weighted by Crippen LogP contribution is 2.44. The molecule has 3 nitrogen and oxygen atoms in total. The van der Waals surface area contributed by atoms with E-state index in [1.807, 2.05) is 0 Å². The zero-order valence-electron chi connectivity index (χ0n) is 13.0. The van der Waals surface area contributed by atoms with Crippen LogP contribution in [0.15, 0.2) is 0 Å². The highest BCUT2D eigenvalue weighted by atomic mass is 28.4. The zero-order valence-corrected chi connectivity index (χ0v) is 14.0. The SMILES string of the molecule is CO[Si](NC1CCCCC1)(OC)C(C)(C)C(C)C. The van der Waals surface area contributed by atoms with Gasteiger partial charge in [0, 0.05) is 25.3 Å². The van der Waals surface area contributed by atoms with Crippen molar-refractivity contribution in [3.05, 3.63) is 0 Å². The van der Waals surface area contributed by atoms with E-state index >= 15 is 0 Å². The van der Waals surface area contributed by atoms with E-state index in [4.69, 9.17) is 8.85 Å². The minimum absolute atomic E-state index is 0.0496. The summed E-state index contributed by atoms with van der Waals surface area (Å²) in [7, 11) is 1.23. The molecule has 0 saturated heterocycles. The average Bonchev–Trinajstić information content (AvgIpc) is 2.36. The molecule has 108 valence electrons. The van der Waals surface area contributed by atoms with Gasteiger partial charge >= 0.3 is 8.72 Å². The fourth-order valence-electron chi connectivity index (χ4n) is 2.81. The second kappa shape index (κ2) is 6.50. The molecule has 4 heteroatoms. The molecule has 1 aliphatic carbocycles. The molecule has 0 aromatic carbocycles. The van der Waals surface area contributed by atoms with Gasteiger partial charge in [-0.15, -0.1) is 0 Å². The van der Waals surface area contributed by atoms with E-state index in [9.17, 15) is 0 Å². The first kappa shape index (κ1) is 16.2. The van der Waals surface area contributed by atoms with Gasteiger partial charge in [-0.1, -0.05) is 47.0 Å². The van der Waals surface area contributed by atoms with Gasteiger partial charge in [-0.05, 0) is 18.8 Å². The smallest absolute Gasteiger partial charge is 0.386 e. The van der Waals surface area contributed by atoms with E-state index in [1.165, 1.54) is 32.1 Å². The van der Waals surface area contributed by atoms with Crippen LogP contribution in [0, 0.1) is 5.92 Å². The maximum Gasteiger partial charge on any atom is 0.430 e. The number of nitrogens with one attached hydrogen (secondary N) is 1. The van der Waals surface area contributed by atoms with E-state index < -0.39 is 8.72 Å². The monoisotopic (exact) mass is 273 g/mol. The zero-order chi connectivity index (χ0) is 13.8. The Balaban J connectivity index is 2.84. The van der Waals surface area contributed by atoms with Crippen LogP contribution in [0.1, 0.15) is 59.8 Å². The van der Waals surface area contributed by atoms with Crippen molar-refractivity contribution in [1.29, 1.82) is 0 Å². The Morgan fingerprint density at radius 2 is 1.56 bits per heavy atom. The number of hydrogen-bond donors (Lipinski definition) is 1. The van der Waals surface area contributed by atoms with Crippen molar-refractivity contribution in [2.24, 2.45) is 5.92 Å². The van der Waals surface area contributed by atoms with Gasteiger partial charge in [0.05, 0.1) is 0 Å². The summed E-state index contributed by atoms with van der Waals surface area (Å²) in [6.45, 7) is 9.05. The summed E-state index contributed by atoms with van der Waals surface area (Å²) < 4.78 is 11.8. The Hall–Kier alpha value is 0.0969. The van der Waals surface area contributed by atoms with Gasteiger partial charge in [-0.3, -0.25) is 4.98 Å². The first-order valence-corrected chi connectivity index (χ1v) is 9.09. The normalized spacial score (nSPS) is 19.5. The van der Waals surface area contributed by atoms with Crippen molar-refractivity contribution in [2.75, 3.05) is 14.2 Å². The van der Waals surface area contributed by atoms with E-state index in [1.54, 1.807) is 14.2 Å². The topological polar surface area (TPSA) is 30.5 Å². The number of rotatable bonds is 6. The van der Waals surface area contributed by atoms with E-state index in [0.29, 0.717) is 12.0 Å². The molecule has 0 aromatic heterocycles. The first-order valence-electron chi connectivity index (χ1n) is 7.27. The molecule has 0 amide bonds. The third-order valence-corrected chi connectivity index (χ3v) is 9.08. The predicted octanol–water partition coefficient (Wildman–Crippen LogP) is 3.58. The quantitative estimate of drug-likeness (QED) is 0.750. The molecule has 0 aromatic rings. The third-order valence-electron chi connectivity index (χ3n) is 4.87. The predicted molar refractivity (Wildman–Crippen MR) is 78.7 cm³/mol. The van der Waals surface area contributed by atoms with Crippen molar-refractivity contribution in [3.63, 3.8) is 0 Å². The molecule has 1 fully saturated rings. The van der Waals surface area contributed by atoms with Crippen LogP contribution in [-0.2, 0) is 8.85 Å². The summed E-state index contributed by atoms with van der Waals surface area (Å²) in [5.41, 5.74) is 0. The molecule has 0 atom stereocenters. The van der Waals surface area contributed by atoms with Gasteiger partial charge in [0.15, 0.2) is 0 Å². The second-order valence-corrected chi connectivity index (χ2v) is 10.0. The maximum atomic E-state index is 5.92. The van der Waals surface area contributed by atoms with E-state index in [0.717, 1.165) is 0 Å². The largest absolute Gasteiger partial charge is 0.430 e. The van der Waals surface area contributed by atoms with E-state index in [2.05, 4.69) is 32.7 Å². The molecule has 0 aliphatic heterocycles. The fraction of sp³-hybridized carbons (Fsp3) is 1.00. The summed E-state index contributed by atoms with van der Waals surface area (Å²) in [6.07, 6.45) is 6.56.